The van der Waals surface area contributed by atoms with Crippen LogP contribution in [-0.4, -0.2) is 4.92 Å². The Morgan fingerprint density at radius 1 is 1.33 bits per heavy atom. The summed E-state index contributed by atoms with van der Waals surface area (Å²) in [5.41, 5.74) is 0.00648. The number of nitriles is 2. The van der Waals surface area contributed by atoms with E-state index in [0.29, 0.717) is 5.56 Å². The largest absolute Gasteiger partial charge is 0.288 e. The van der Waals surface area contributed by atoms with E-state index in [9.17, 15) is 10.1 Å². The van der Waals surface area contributed by atoms with E-state index >= 15 is 0 Å². The van der Waals surface area contributed by atoms with Crippen molar-refractivity contribution in [2.75, 3.05) is 0 Å². The van der Waals surface area contributed by atoms with Crippen LogP contribution in [0.15, 0.2) is 18.2 Å². The molecule has 1 aromatic rings. The summed E-state index contributed by atoms with van der Waals surface area (Å²) in [6.45, 7) is 0. The SMILES string of the molecule is N#CC#Cc1ccc(C#N)c([N+](=O)[O-])c1. The molecule has 0 saturated heterocycles. The van der Waals surface area contributed by atoms with Gasteiger partial charge in [-0.15, -0.1) is 0 Å². The zero-order valence-corrected chi connectivity index (χ0v) is 7.39. The van der Waals surface area contributed by atoms with Gasteiger partial charge >= 0.3 is 0 Å². The van der Waals surface area contributed by atoms with Gasteiger partial charge in [-0.3, -0.25) is 10.1 Å². The van der Waals surface area contributed by atoms with Crippen LogP contribution >= 0.6 is 0 Å². The van der Waals surface area contributed by atoms with Gasteiger partial charge < -0.3 is 0 Å². The van der Waals surface area contributed by atoms with E-state index < -0.39 is 4.92 Å². The third-order valence-corrected chi connectivity index (χ3v) is 1.58. The number of nitro groups is 1. The normalized spacial score (nSPS) is 7.87. The van der Waals surface area contributed by atoms with E-state index in [4.69, 9.17) is 10.5 Å². The second-order valence-electron chi connectivity index (χ2n) is 2.46. The maximum atomic E-state index is 10.5. The zero-order chi connectivity index (χ0) is 11.3. The Labute approximate surface area is 85.3 Å². The first-order chi connectivity index (χ1) is 7.19. The minimum atomic E-state index is -0.657. The zero-order valence-electron chi connectivity index (χ0n) is 7.39. The summed E-state index contributed by atoms with van der Waals surface area (Å²) in [7, 11) is 0. The predicted molar refractivity (Wildman–Crippen MR) is 50.3 cm³/mol. The lowest BCUT2D eigenvalue weighted by molar-refractivity contribution is -0.385. The lowest BCUT2D eigenvalue weighted by Crippen LogP contribution is -1.92. The smallest absolute Gasteiger partial charge is 0.258 e. The molecule has 0 amide bonds. The number of hydrogen-bond donors (Lipinski definition) is 0. The Morgan fingerprint density at radius 2 is 2.07 bits per heavy atom. The summed E-state index contributed by atoms with van der Waals surface area (Å²) in [6.07, 6.45) is 0. The molecule has 1 rings (SSSR count). The van der Waals surface area contributed by atoms with E-state index in [1.165, 1.54) is 18.2 Å². The Kier molecular flexibility index (Phi) is 3.01. The molecule has 5 nitrogen and oxygen atoms in total. The van der Waals surface area contributed by atoms with Crippen molar-refractivity contribution in [3.8, 4) is 24.0 Å². The molecule has 5 heteroatoms. The molecule has 0 heterocycles. The summed E-state index contributed by atoms with van der Waals surface area (Å²) in [6, 6.07) is 7.23. The fraction of sp³-hybridized carbons (Fsp3) is 0. The highest BCUT2D eigenvalue weighted by Gasteiger charge is 2.13. The molecule has 0 spiro atoms. The van der Waals surface area contributed by atoms with Crippen LogP contribution in [0, 0.1) is 44.6 Å². The van der Waals surface area contributed by atoms with Gasteiger partial charge in [0.1, 0.15) is 11.6 Å². The summed E-state index contributed by atoms with van der Waals surface area (Å²) < 4.78 is 0. The highest BCUT2D eigenvalue weighted by Crippen LogP contribution is 2.18. The summed E-state index contributed by atoms with van der Waals surface area (Å²) in [5.74, 6) is 4.53. The van der Waals surface area contributed by atoms with E-state index in [2.05, 4.69) is 11.8 Å². The summed E-state index contributed by atoms with van der Waals surface area (Å²) in [5, 5.41) is 27.3. The van der Waals surface area contributed by atoms with E-state index in [0.717, 1.165) is 0 Å². The number of nitrogens with zero attached hydrogens (tertiary/aromatic N) is 3. The molecule has 70 valence electrons. The molecule has 0 saturated carbocycles. The van der Waals surface area contributed by atoms with Crippen LogP contribution in [0.5, 0.6) is 0 Å². The highest BCUT2D eigenvalue weighted by atomic mass is 16.6. The first kappa shape index (κ1) is 10.2. The molecule has 0 aromatic heterocycles. The maximum absolute atomic E-state index is 10.5. The van der Waals surface area contributed by atoms with Gasteiger partial charge in [0, 0.05) is 17.6 Å². The molecule has 0 fully saturated rings. The second-order valence-corrected chi connectivity index (χ2v) is 2.46. The standard InChI is InChI=1S/C10H3N3O2/c11-5-1-2-8-3-4-9(7-12)10(6-8)13(14)15/h3-4,6H. The van der Waals surface area contributed by atoms with Crippen LogP contribution in [0.3, 0.4) is 0 Å². The number of rotatable bonds is 1. The van der Waals surface area contributed by atoms with Crippen molar-refractivity contribution in [1.82, 2.24) is 0 Å². The van der Waals surface area contributed by atoms with Crippen LogP contribution in [0.2, 0.25) is 0 Å². The van der Waals surface area contributed by atoms with Gasteiger partial charge in [-0.25, -0.2) is 0 Å². The van der Waals surface area contributed by atoms with Gasteiger partial charge in [0.25, 0.3) is 5.69 Å². The Morgan fingerprint density at radius 3 is 2.60 bits per heavy atom. The molecule has 0 radical (unpaired) electrons. The summed E-state index contributed by atoms with van der Waals surface area (Å²) in [4.78, 5) is 9.89. The molecule has 0 unspecified atom stereocenters. The molecule has 1 aromatic carbocycles. The van der Waals surface area contributed by atoms with Crippen molar-refractivity contribution in [2.24, 2.45) is 0 Å². The van der Waals surface area contributed by atoms with Crippen molar-refractivity contribution in [3.63, 3.8) is 0 Å². The Hall–Kier alpha value is -2.84. The molecule has 0 atom stereocenters. The average Bonchev–Trinajstić information content (AvgIpc) is 2.25. The van der Waals surface area contributed by atoms with Crippen LogP contribution in [0.25, 0.3) is 0 Å². The second kappa shape index (κ2) is 4.41. The number of nitro benzene ring substituents is 1. The Bertz CT molecular complexity index is 553. The van der Waals surface area contributed by atoms with Gasteiger partial charge in [-0.2, -0.15) is 10.5 Å². The molecular weight excluding hydrogens is 194 g/mol. The van der Waals surface area contributed by atoms with Gasteiger partial charge in [0.05, 0.1) is 4.92 Å². The number of benzene rings is 1. The molecule has 0 aliphatic heterocycles. The van der Waals surface area contributed by atoms with Crippen molar-refractivity contribution in [2.45, 2.75) is 0 Å². The highest BCUT2D eigenvalue weighted by molar-refractivity contribution is 5.54. The fourth-order valence-electron chi connectivity index (χ4n) is 0.955. The topological polar surface area (TPSA) is 90.7 Å². The molecule has 0 bridgehead atoms. The maximum Gasteiger partial charge on any atom is 0.288 e. The van der Waals surface area contributed by atoms with Crippen molar-refractivity contribution in [1.29, 1.82) is 10.5 Å². The Balaban J connectivity index is 3.31. The molecule has 0 N–H and O–H groups in total. The molecule has 0 aliphatic rings. The van der Waals surface area contributed by atoms with Gasteiger partial charge in [-0.05, 0) is 12.1 Å². The minimum Gasteiger partial charge on any atom is -0.258 e. The van der Waals surface area contributed by atoms with E-state index in [-0.39, 0.29) is 11.3 Å². The van der Waals surface area contributed by atoms with E-state index in [1.807, 2.05) is 0 Å². The first-order valence-electron chi connectivity index (χ1n) is 3.77. The third-order valence-electron chi connectivity index (χ3n) is 1.58. The van der Waals surface area contributed by atoms with Crippen LogP contribution in [-0.2, 0) is 0 Å². The van der Waals surface area contributed by atoms with Gasteiger partial charge in [-0.1, -0.05) is 5.92 Å². The van der Waals surface area contributed by atoms with Crippen LogP contribution < -0.4 is 0 Å². The lowest BCUT2D eigenvalue weighted by atomic mass is 10.1. The monoisotopic (exact) mass is 197 g/mol. The first-order valence-corrected chi connectivity index (χ1v) is 3.77. The number of hydrogen-bond acceptors (Lipinski definition) is 4. The van der Waals surface area contributed by atoms with Gasteiger partial charge in [0.2, 0.25) is 0 Å². The van der Waals surface area contributed by atoms with E-state index in [1.54, 1.807) is 12.1 Å². The van der Waals surface area contributed by atoms with Crippen molar-refractivity contribution in [3.05, 3.63) is 39.4 Å². The predicted octanol–water partition coefficient (Wildman–Crippen LogP) is 1.34. The fourth-order valence-corrected chi connectivity index (χ4v) is 0.955. The van der Waals surface area contributed by atoms with Crippen LogP contribution in [0.4, 0.5) is 5.69 Å². The molecule has 0 aliphatic carbocycles. The van der Waals surface area contributed by atoms with Crippen molar-refractivity contribution >= 4 is 5.69 Å². The average molecular weight is 197 g/mol. The minimum absolute atomic E-state index is 0.0255. The quantitative estimate of drug-likeness (QED) is 0.386. The van der Waals surface area contributed by atoms with Crippen molar-refractivity contribution < 1.29 is 4.92 Å². The third kappa shape index (κ3) is 2.30. The van der Waals surface area contributed by atoms with Gasteiger partial charge in [0.15, 0.2) is 6.07 Å². The lowest BCUT2D eigenvalue weighted by Gasteiger charge is -1.94. The molecule has 15 heavy (non-hydrogen) atoms. The molecular formula is C10H3N3O2. The summed E-state index contributed by atoms with van der Waals surface area (Å²) >= 11 is 0. The van der Waals surface area contributed by atoms with Crippen LogP contribution in [0.1, 0.15) is 11.1 Å².